The fraction of sp³-hybridized carbons (Fsp3) is 0.111. The van der Waals surface area contributed by atoms with Crippen molar-refractivity contribution in [3.05, 3.63) is 70.9 Å². The third-order valence-corrected chi connectivity index (χ3v) is 3.76. The van der Waals surface area contributed by atoms with E-state index in [9.17, 15) is 4.79 Å². The Balaban J connectivity index is 1.74. The fourth-order valence-corrected chi connectivity index (χ4v) is 2.45. The largest absolute Gasteiger partial charge is 0.493 e. The van der Waals surface area contributed by atoms with Crippen LogP contribution in [0.3, 0.4) is 0 Å². The van der Waals surface area contributed by atoms with Gasteiger partial charge in [-0.15, -0.1) is 0 Å². The molecule has 128 valence electrons. The summed E-state index contributed by atoms with van der Waals surface area (Å²) in [4.78, 5) is 16.2. The molecule has 0 aliphatic carbocycles. The Labute approximate surface area is 152 Å². The first-order valence-electron chi connectivity index (χ1n) is 7.42. The van der Waals surface area contributed by atoms with Crippen LogP contribution in [-0.4, -0.2) is 18.0 Å². The topological polar surface area (TPSA) is 73.6 Å². The lowest BCUT2D eigenvalue weighted by Crippen LogP contribution is -2.11. The van der Waals surface area contributed by atoms with E-state index in [1.54, 1.807) is 49.8 Å². The number of carbonyl (C=O) groups is 1. The first kappa shape index (κ1) is 17.0. The molecule has 2 heterocycles. The Bertz CT molecular complexity index is 865. The highest BCUT2D eigenvalue weighted by molar-refractivity contribution is 9.10. The molecular weight excluding hydrogens is 388 g/mol. The number of pyridine rings is 1. The number of hydrogen-bond donors (Lipinski definition) is 1. The van der Waals surface area contributed by atoms with Crippen LogP contribution in [0.2, 0.25) is 0 Å². The Kier molecular flexibility index (Phi) is 5.35. The highest BCUT2D eigenvalue weighted by Crippen LogP contribution is 2.31. The Morgan fingerprint density at radius 1 is 1.24 bits per heavy atom. The first-order chi connectivity index (χ1) is 12.2. The zero-order valence-corrected chi connectivity index (χ0v) is 14.9. The number of halogens is 1. The molecule has 6 nitrogen and oxygen atoms in total. The summed E-state index contributed by atoms with van der Waals surface area (Å²) in [6, 6.07) is 12.2. The molecule has 0 atom stereocenters. The number of carbonyl (C=O) groups excluding carboxylic acids is 1. The molecule has 25 heavy (non-hydrogen) atoms. The molecule has 1 aromatic carbocycles. The van der Waals surface area contributed by atoms with Crippen LogP contribution in [0.25, 0.3) is 0 Å². The number of aromatic nitrogens is 1. The van der Waals surface area contributed by atoms with E-state index in [0.717, 1.165) is 5.56 Å². The molecule has 0 saturated heterocycles. The van der Waals surface area contributed by atoms with Gasteiger partial charge in [0.2, 0.25) is 0 Å². The molecule has 0 aliphatic rings. The van der Waals surface area contributed by atoms with Crippen LogP contribution in [0.15, 0.2) is 63.9 Å². The van der Waals surface area contributed by atoms with Gasteiger partial charge in [-0.1, -0.05) is 6.07 Å². The molecule has 3 aromatic rings. The Hall–Kier alpha value is -2.80. The molecule has 3 rings (SSSR count). The van der Waals surface area contributed by atoms with E-state index >= 15 is 0 Å². The lowest BCUT2D eigenvalue weighted by Gasteiger charge is -2.12. The van der Waals surface area contributed by atoms with Gasteiger partial charge in [0.25, 0.3) is 5.91 Å². The van der Waals surface area contributed by atoms with Gasteiger partial charge in [0.1, 0.15) is 6.61 Å². The quantitative estimate of drug-likeness (QED) is 0.665. The minimum atomic E-state index is -0.353. The van der Waals surface area contributed by atoms with E-state index in [4.69, 9.17) is 13.9 Å². The highest BCUT2D eigenvalue weighted by atomic mass is 79.9. The number of ether oxygens (including phenoxy) is 2. The second-order valence-corrected chi connectivity index (χ2v) is 5.86. The summed E-state index contributed by atoms with van der Waals surface area (Å²) < 4.78 is 16.8. The van der Waals surface area contributed by atoms with Crippen LogP contribution in [0.5, 0.6) is 11.5 Å². The predicted molar refractivity (Wildman–Crippen MR) is 95.9 cm³/mol. The molecule has 0 radical (unpaired) electrons. The average Bonchev–Trinajstić information content (AvgIpc) is 3.07. The predicted octanol–water partition coefficient (Wildman–Crippen LogP) is 4.28. The SMILES string of the molecule is COc1ccc(NC(=O)c2ccc(Br)o2)cc1OCc1cccnc1. The Morgan fingerprint density at radius 2 is 2.12 bits per heavy atom. The minimum Gasteiger partial charge on any atom is -0.493 e. The Morgan fingerprint density at radius 3 is 2.80 bits per heavy atom. The lowest BCUT2D eigenvalue weighted by atomic mass is 10.2. The number of anilines is 1. The summed E-state index contributed by atoms with van der Waals surface area (Å²) in [6.45, 7) is 0.340. The molecule has 2 aromatic heterocycles. The number of furan rings is 1. The van der Waals surface area contributed by atoms with Crippen molar-refractivity contribution >= 4 is 27.5 Å². The number of nitrogens with one attached hydrogen (secondary N) is 1. The molecule has 0 aliphatic heterocycles. The summed E-state index contributed by atoms with van der Waals surface area (Å²) in [5.41, 5.74) is 1.50. The molecule has 0 bridgehead atoms. The van der Waals surface area contributed by atoms with Crippen LogP contribution in [0.4, 0.5) is 5.69 Å². The van der Waals surface area contributed by atoms with Gasteiger partial charge in [0.15, 0.2) is 21.9 Å². The summed E-state index contributed by atoms with van der Waals surface area (Å²) in [5.74, 6) is 0.946. The van der Waals surface area contributed by atoms with Gasteiger partial charge in [-0.3, -0.25) is 9.78 Å². The second kappa shape index (κ2) is 7.85. The molecule has 0 unspecified atom stereocenters. The number of hydrogen-bond acceptors (Lipinski definition) is 5. The average molecular weight is 403 g/mol. The smallest absolute Gasteiger partial charge is 0.291 e. The first-order valence-corrected chi connectivity index (χ1v) is 8.21. The molecular formula is C18H15BrN2O4. The van der Waals surface area contributed by atoms with Crippen molar-refractivity contribution in [2.75, 3.05) is 12.4 Å². The second-order valence-electron chi connectivity index (χ2n) is 5.07. The third-order valence-electron chi connectivity index (χ3n) is 3.34. The van der Waals surface area contributed by atoms with E-state index in [1.165, 1.54) is 0 Å². The van der Waals surface area contributed by atoms with Crippen LogP contribution >= 0.6 is 15.9 Å². The number of methoxy groups -OCH3 is 1. The van der Waals surface area contributed by atoms with E-state index in [2.05, 4.69) is 26.2 Å². The maximum atomic E-state index is 12.2. The molecule has 7 heteroatoms. The zero-order chi connectivity index (χ0) is 17.6. The van der Waals surface area contributed by atoms with Crippen LogP contribution in [-0.2, 0) is 6.61 Å². The summed E-state index contributed by atoms with van der Waals surface area (Å²) in [6.07, 6.45) is 3.43. The maximum absolute atomic E-state index is 12.2. The van der Waals surface area contributed by atoms with E-state index < -0.39 is 0 Å². The van der Waals surface area contributed by atoms with Crippen LogP contribution in [0.1, 0.15) is 16.1 Å². The zero-order valence-electron chi connectivity index (χ0n) is 13.4. The van der Waals surface area contributed by atoms with Crippen molar-refractivity contribution in [2.24, 2.45) is 0 Å². The normalized spacial score (nSPS) is 10.3. The molecule has 1 N–H and O–H groups in total. The summed E-state index contributed by atoms with van der Waals surface area (Å²) in [5, 5.41) is 2.76. The highest BCUT2D eigenvalue weighted by Gasteiger charge is 2.13. The van der Waals surface area contributed by atoms with E-state index in [0.29, 0.717) is 28.5 Å². The van der Waals surface area contributed by atoms with E-state index in [1.807, 2.05) is 12.1 Å². The monoisotopic (exact) mass is 402 g/mol. The van der Waals surface area contributed by atoms with E-state index in [-0.39, 0.29) is 11.7 Å². The van der Waals surface area contributed by atoms with Crippen molar-refractivity contribution < 1.29 is 18.7 Å². The van der Waals surface area contributed by atoms with Gasteiger partial charge in [-0.05, 0) is 46.3 Å². The van der Waals surface area contributed by atoms with Crippen molar-refractivity contribution in [2.45, 2.75) is 6.61 Å². The third kappa shape index (κ3) is 4.39. The maximum Gasteiger partial charge on any atom is 0.291 e. The number of rotatable bonds is 6. The van der Waals surface area contributed by atoms with Gasteiger partial charge in [0.05, 0.1) is 7.11 Å². The minimum absolute atomic E-state index is 0.209. The van der Waals surface area contributed by atoms with Crippen molar-refractivity contribution in [3.8, 4) is 11.5 Å². The van der Waals surface area contributed by atoms with Gasteiger partial charge >= 0.3 is 0 Å². The van der Waals surface area contributed by atoms with Crippen LogP contribution in [0, 0.1) is 0 Å². The molecule has 0 spiro atoms. The molecule has 1 amide bonds. The number of nitrogens with zero attached hydrogens (tertiary/aromatic N) is 1. The standard InChI is InChI=1S/C18H15BrN2O4/c1-23-14-5-4-13(21-18(22)15-6-7-17(19)25-15)9-16(14)24-11-12-3-2-8-20-10-12/h2-10H,11H2,1H3,(H,21,22). The molecule has 0 saturated carbocycles. The number of amides is 1. The lowest BCUT2D eigenvalue weighted by molar-refractivity contribution is 0.0995. The van der Waals surface area contributed by atoms with Gasteiger partial charge in [-0.25, -0.2) is 0 Å². The van der Waals surface area contributed by atoms with Crippen molar-refractivity contribution in [1.29, 1.82) is 0 Å². The van der Waals surface area contributed by atoms with Gasteiger partial charge < -0.3 is 19.2 Å². The fourth-order valence-electron chi connectivity index (χ4n) is 2.14. The van der Waals surface area contributed by atoms with Crippen molar-refractivity contribution in [1.82, 2.24) is 4.98 Å². The molecule has 0 fully saturated rings. The van der Waals surface area contributed by atoms with Crippen LogP contribution < -0.4 is 14.8 Å². The van der Waals surface area contributed by atoms with Gasteiger partial charge in [-0.2, -0.15) is 0 Å². The summed E-state index contributed by atoms with van der Waals surface area (Å²) >= 11 is 3.17. The van der Waals surface area contributed by atoms with Crippen molar-refractivity contribution in [3.63, 3.8) is 0 Å². The number of benzene rings is 1. The summed E-state index contributed by atoms with van der Waals surface area (Å²) in [7, 11) is 1.56. The van der Waals surface area contributed by atoms with Gasteiger partial charge in [0, 0.05) is 29.7 Å².